The van der Waals surface area contributed by atoms with Crippen molar-refractivity contribution in [3.05, 3.63) is 59.4 Å². The van der Waals surface area contributed by atoms with Crippen molar-refractivity contribution in [3.8, 4) is 0 Å². The molecule has 1 aromatic carbocycles. The molecule has 1 saturated heterocycles. The van der Waals surface area contributed by atoms with Crippen LogP contribution in [0.5, 0.6) is 0 Å². The Morgan fingerprint density at radius 2 is 2.00 bits per heavy atom. The fourth-order valence-electron chi connectivity index (χ4n) is 3.11. The third kappa shape index (κ3) is 3.03. The number of aliphatic hydroxyl groups excluding tert-OH is 1. The van der Waals surface area contributed by atoms with Gasteiger partial charge in [-0.1, -0.05) is 12.1 Å². The molecule has 1 aliphatic heterocycles. The molecule has 1 amide bonds. The highest BCUT2D eigenvalue weighted by molar-refractivity contribution is 5.93. The van der Waals surface area contributed by atoms with Crippen LogP contribution in [0.15, 0.2) is 42.6 Å². The van der Waals surface area contributed by atoms with E-state index in [9.17, 15) is 23.1 Å². The van der Waals surface area contributed by atoms with Crippen molar-refractivity contribution in [1.29, 1.82) is 0 Å². The summed E-state index contributed by atoms with van der Waals surface area (Å²) in [4.78, 5) is 14.2. The SMILES string of the molecule is Cn1cccc1C(=O)N1CC(O)CC1c1cccc(C(F)(F)F)c1. The molecular formula is C17H17F3N2O2. The van der Waals surface area contributed by atoms with E-state index in [2.05, 4.69) is 0 Å². The van der Waals surface area contributed by atoms with Gasteiger partial charge in [-0.2, -0.15) is 13.2 Å². The number of alkyl halides is 3. The molecule has 2 heterocycles. The molecule has 24 heavy (non-hydrogen) atoms. The number of carbonyl (C=O) groups is 1. The average molecular weight is 338 g/mol. The van der Waals surface area contributed by atoms with Gasteiger partial charge < -0.3 is 14.6 Å². The van der Waals surface area contributed by atoms with E-state index >= 15 is 0 Å². The summed E-state index contributed by atoms with van der Waals surface area (Å²) in [6.45, 7) is 0.102. The topological polar surface area (TPSA) is 45.5 Å². The van der Waals surface area contributed by atoms with Crippen LogP contribution in [0.1, 0.15) is 34.1 Å². The summed E-state index contributed by atoms with van der Waals surface area (Å²) in [5.74, 6) is -0.304. The van der Waals surface area contributed by atoms with Gasteiger partial charge in [0.05, 0.1) is 17.7 Å². The lowest BCUT2D eigenvalue weighted by atomic mass is 10.0. The fourth-order valence-corrected chi connectivity index (χ4v) is 3.11. The van der Waals surface area contributed by atoms with Gasteiger partial charge in [-0.25, -0.2) is 0 Å². The first-order valence-electron chi connectivity index (χ1n) is 7.55. The molecule has 1 aromatic heterocycles. The Kier molecular flexibility index (Phi) is 4.13. The maximum atomic E-state index is 12.9. The van der Waals surface area contributed by atoms with E-state index in [4.69, 9.17) is 0 Å². The first-order valence-corrected chi connectivity index (χ1v) is 7.55. The molecule has 2 unspecified atom stereocenters. The maximum Gasteiger partial charge on any atom is 0.416 e. The van der Waals surface area contributed by atoms with Gasteiger partial charge in [-0.3, -0.25) is 4.79 Å². The zero-order chi connectivity index (χ0) is 17.5. The van der Waals surface area contributed by atoms with E-state index in [0.29, 0.717) is 11.3 Å². The number of β-amino-alcohol motifs (C(OH)–C–C–N with tert-alkyl or cyclic N) is 1. The summed E-state index contributed by atoms with van der Waals surface area (Å²) in [6.07, 6.45) is -3.26. The molecule has 2 aromatic rings. The van der Waals surface area contributed by atoms with Crippen molar-refractivity contribution < 1.29 is 23.1 Å². The van der Waals surface area contributed by atoms with Crippen molar-refractivity contribution in [1.82, 2.24) is 9.47 Å². The zero-order valence-corrected chi connectivity index (χ0v) is 13.0. The number of hydrogen-bond donors (Lipinski definition) is 1. The van der Waals surface area contributed by atoms with Crippen molar-refractivity contribution in [2.45, 2.75) is 24.7 Å². The molecule has 128 valence electrons. The van der Waals surface area contributed by atoms with E-state index < -0.39 is 23.9 Å². The predicted octanol–water partition coefficient (Wildman–Crippen LogP) is 2.99. The summed E-state index contributed by atoms with van der Waals surface area (Å²) < 4.78 is 40.4. The van der Waals surface area contributed by atoms with Crippen LogP contribution in [0.4, 0.5) is 13.2 Å². The number of halogens is 3. The fraction of sp³-hybridized carbons (Fsp3) is 0.353. The van der Waals surface area contributed by atoms with E-state index in [-0.39, 0.29) is 18.9 Å². The van der Waals surface area contributed by atoms with E-state index in [1.165, 1.54) is 11.0 Å². The van der Waals surface area contributed by atoms with Crippen molar-refractivity contribution >= 4 is 5.91 Å². The molecule has 0 bridgehead atoms. The van der Waals surface area contributed by atoms with Crippen molar-refractivity contribution in [3.63, 3.8) is 0 Å². The molecular weight excluding hydrogens is 321 g/mol. The standard InChI is InChI=1S/C17H17F3N2O2/c1-21-7-3-6-14(21)16(24)22-10-13(23)9-15(22)11-4-2-5-12(8-11)17(18,19)20/h2-8,13,15,23H,9-10H2,1H3. The molecule has 1 N–H and O–H groups in total. The molecule has 1 fully saturated rings. The van der Waals surface area contributed by atoms with Crippen LogP contribution in [0, 0.1) is 0 Å². The Morgan fingerprint density at radius 1 is 1.25 bits per heavy atom. The molecule has 3 rings (SSSR count). The second kappa shape index (κ2) is 5.98. The van der Waals surface area contributed by atoms with Gasteiger partial charge in [0, 0.05) is 19.8 Å². The molecule has 0 saturated carbocycles. The summed E-state index contributed by atoms with van der Waals surface area (Å²) in [5.41, 5.74) is 0.0534. The highest BCUT2D eigenvalue weighted by Crippen LogP contribution is 2.36. The molecule has 2 atom stereocenters. The third-order valence-corrected chi connectivity index (χ3v) is 4.30. The monoisotopic (exact) mass is 338 g/mol. The average Bonchev–Trinajstić information content (AvgIpc) is 3.12. The van der Waals surface area contributed by atoms with Gasteiger partial charge in [0.1, 0.15) is 5.69 Å². The largest absolute Gasteiger partial charge is 0.416 e. The lowest BCUT2D eigenvalue weighted by Crippen LogP contribution is -2.33. The predicted molar refractivity (Wildman–Crippen MR) is 81.3 cm³/mol. The number of rotatable bonds is 2. The quantitative estimate of drug-likeness (QED) is 0.915. The zero-order valence-electron chi connectivity index (χ0n) is 13.0. The minimum absolute atomic E-state index is 0.102. The highest BCUT2D eigenvalue weighted by atomic mass is 19.4. The number of amides is 1. The normalized spacial score (nSPS) is 21.3. The Hall–Kier alpha value is -2.28. The smallest absolute Gasteiger partial charge is 0.391 e. The molecule has 0 spiro atoms. The first kappa shape index (κ1) is 16.6. The lowest BCUT2D eigenvalue weighted by Gasteiger charge is -2.25. The summed E-state index contributed by atoms with van der Waals surface area (Å²) in [7, 11) is 1.72. The van der Waals surface area contributed by atoms with Crippen LogP contribution < -0.4 is 0 Å². The van der Waals surface area contributed by atoms with Gasteiger partial charge in [0.15, 0.2) is 0 Å². The van der Waals surface area contributed by atoms with Gasteiger partial charge >= 0.3 is 6.18 Å². The molecule has 0 radical (unpaired) electrons. The molecule has 0 aliphatic carbocycles. The second-order valence-electron chi connectivity index (χ2n) is 5.99. The summed E-state index contributed by atoms with van der Waals surface area (Å²) >= 11 is 0. The molecule has 1 aliphatic rings. The number of aliphatic hydroxyl groups is 1. The molecule has 4 nitrogen and oxygen atoms in total. The Balaban J connectivity index is 1.94. The van der Waals surface area contributed by atoms with Crippen LogP contribution in [-0.2, 0) is 13.2 Å². The number of aryl methyl sites for hydroxylation is 1. The highest BCUT2D eigenvalue weighted by Gasteiger charge is 2.38. The third-order valence-electron chi connectivity index (χ3n) is 4.30. The number of aromatic nitrogens is 1. The van der Waals surface area contributed by atoms with Crippen LogP contribution in [0.25, 0.3) is 0 Å². The van der Waals surface area contributed by atoms with Gasteiger partial charge in [0.25, 0.3) is 5.91 Å². The number of hydrogen-bond acceptors (Lipinski definition) is 2. The van der Waals surface area contributed by atoms with Crippen LogP contribution in [0.2, 0.25) is 0 Å². The maximum absolute atomic E-state index is 12.9. The summed E-state index contributed by atoms with van der Waals surface area (Å²) in [5, 5.41) is 9.95. The van der Waals surface area contributed by atoms with E-state index in [1.54, 1.807) is 36.0 Å². The van der Waals surface area contributed by atoms with Crippen molar-refractivity contribution in [2.75, 3.05) is 6.54 Å². The number of benzene rings is 1. The van der Waals surface area contributed by atoms with E-state index in [1.807, 2.05) is 0 Å². The van der Waals surface area contributed by atoms with Crippen LogP contribution >= 0.6 is 0 Å². The number of carbonyl (C=O) groups excluding carboxylic acids is 1. The van der Waals surface area contributed by atoms with Crippen molar-refractivity contribution in [2.24, 2.45) is 7.05 Å². The number of likely N-dealkylation sites (tertiary alicyclic amines) is 1. The Labute approximate surface area is 137 Å². The number of nitrogens with zero attached hydrogens (tertiary/aromatic N) is 2. The Bertz CT molecular complexity index is 754. The van der Waals surface area contributed by atoms with Gasteiger partial charge in [-0.05, 0) is 36.2 Å². The Morgan fingerprint density at radius 3 is 2.62 bits per heavy atom. The lowest BCUT2D eigenvalue weighted by molar-refractivity contribution is -0.137. The minimum atomic E-state index is -4.44. The summed E-state index contributed by atoms with van der Waals surface area (Å²) in [6, 6.07) is 7.73. The van der Waals surface area contributed by atoms with E-state index in [0.717, 1.165) is 12.1 Å². The second-order valence-corrected chi connectivity index (χ2v) is 5.99. The van der Waals surface area contributed by atoms with Crippen LogP contribution in [0.3, 0.4) is 0 Å². The molecule has 7 heteroatoms. The minimum Gasteiger partial charge on any atom is -0.391 e. The van der Waals surface area contributed by atoms with Crippen LogP contribution in [-0.4, -0.2) is 33.1 Å². The first-order chi connectivity index (χ1) is 11.3. The van der Waals surface area contributed by atoms with Gasteiger partial charge in [0.2, 0.25) is 0 Å². The van der Waals surface area contributed by atoms with Gasteiger partial charge in [-0.15, -0.1) is 0 Å².